The number of rotatable bonds is 3. The monoisotopic (exact) mass is 253 g/mol. The van der Waals surface area contributed by atoms with Gasteiger partial charge in [0.15, 0.2) is 0 Å². The highest BCUT2D eigenvalue weighted by Crippen LogP contribution is 2.25. The molecule has 0 radical (unpaired) electrons. The molecule has 2 aromatic carbocycles. The Bertz CT molecular complexity index is 642. The van der Waals surface area contributed by atoms with E-state index in [0.29, 0.717) is 5.75 Å². The zero-order chi connectivity index (χ0) is 13.1. The van der Waals surface area contributed by atoms with Crippen LogP contribution < -0.4 is 4.74 Å². The van der Waals surface area contributed by atoms with E-state index in [9.17, 15) is 4.39 Å². The van der Waals surface area contributed by atoms with Gasteiger partial charge in [0.25, 0.3) is 0 Å². The Labute approximate surface area is 110 Å². The van der Waals surface area contributed by atoms with Crippen molar-refractivity contribution in [2.75, 3.05) is 0 Å². The Morgan fingerprint density at radius 1 is 0.789 bits per heavy atom. The van der Waals surface area contributed by atoms with Crippen LogP contribution in [0.3, 0.4) is 0 Å². The first-order valence-electron chi connectivity index (χ1n) is 5.98. The van der Waals surface area contributed by atoms with E-state index in [2.05, 4.69) is 4.98 Å². The van der Waals surface area contributed by atoms with Crippen LogP contribution in [-0.4, -0.2) is 4.98 Å². The highest BCUT2D eigenvalue weighted by atomic mass is 19.1. The van der Waals surface area contributed by atoms with E-state index in [1.807, 2.05) is 42.6 Å². The van der Waals surface area contributed by atoms with Crippen molar-refractivity contribution >= 4 is 0 Å². The third kappa shape index (κ3) is 2.65. The first-order chi connectivity index (χ1) is 9.31. The smallest absolute Gasteiger partial charge is 0.127 e. The first kappa shape index (κ1) is 11.5. The van der Waals surface area contributed by atoms with Crippen molar-refractivity contribution in [3.63, 3.8) is 0 Å². The summed E-state index contributed by atoms with van der Waals surface area (Å²) in [5, 5.41) is 0. The SMILES string of the molecule is Fc1ccc(Oc2ccc(-c3ccc[nH]3)cc2)cc1. The van der Waals surface area contributed by atoms with E-state index in [4.69, 9.17) is 4.74 Å². The van der Waals surface area contributed by atoms with Crippen LogP contribution in [-0.2, 0) is 0 Å². The standard InChI is InChI=1S/C16H12FNO/c17-13-5-9-15(10-6-13)19-14-7-3-12(4-8-14)16-2-1-11-18-16/h1-11,18H. The lowest BCUT2D eigenvalue weighted by Crippen LogP contribution is -1.85. The lowest BCUT2D eigenvalue weighted by Gasteiger charge is -2.06. The molecule has 0 saturated carbocycles. The molecule has 0 aliphatic carbocycles. The second kappa shape index (κ2) is 4.98. The molecule has 0 atom stereocenters. The van der Waals surface area contributed by atoms with Crippen molar-refractivity contribution in [3.8, 4) is 22.8 Å². The predicted molar refractivity (Wildman–Crippen MR) is 72.7 cm³/mol. The summed E-state index contributed by atoms with van der Waals surface area (Å²) in [5.74, 6) is 1.07. The molecule has 0 spiro atoms. The van der Waals surface area contributed by atoms with Crippen LogP contribution >= 0.6 is 0 Å². The van der Waals surface area contributed by atoms with Gasteiger partial charge in [-0.1, -0.05) is 0 Å². The number of aromatic amines is 1. The summed E-state index contributed by atoms with van der Waals surface area (Å²) in [7, 11) is 0. The molecule has 94 valence electrons. The molecular formula is C16H12FNO. The van der Waals surface area contributed by atoms with Gasteiger partial charge in [0.1, 0.15) is 17.3 Å². The normalized spacial score (nSPS) is 10.4. The Balaban J connectivity index is 1.77. The molecule has 0 aliphatic rings. The van der Waals surface area contributed by atoms with Gasteiger partial charge in [-0.2, -0.15) is 0 Å². The summed E-state index contributed by atoms with van der Waals surface area (Å²) in [6.07, 6.45) is 1.89. The van der Waals surface area contributed by atoms with Gasteiger partial charge in [-0.05, 0) is 66.2 Å². The maximum atomic E-state index is 12.8. The third-order valence-electron chi connectivity index (χ3n) is 2.81. The fourth-order valence-corrected chi connectivity index (χ4v) is 1.85. The van der Waals surface area contributed by atoms with Crippen molar-refractivity contribution in [1.29, 1.82) is 0 Å². The molecule has 3 heteroatoms. The molecule has 0 saturated heterocycles. The number of nitrogens with one attached hydrogen (secondary N) is 1. The number of H-pyrrole nitrogens is 1. The maximum Gasteiger partial charge on any atom is 0.127 e. The van der Waals surface area contributed by atoms with E-state index < -0.39 is 0 Å². The number of aromatic nitrogens is 1. The zero-order valence-corrected chi connectivity index (χ0v) is 10.1. The highest BCUT2D eigenvalue weighted by molar-refractivity contribution is 5.60. The summed E-state index contributed by atoms with van der Waals surface area (Å²) in [6, 6.07) is 17.7. The van der Waals surface area contributed by atoms with E-state index in [1.54, 1.807) is 12.1 Å². The molecule has 19 heavy (non-hydrogen) atoms. The van der Waals surface area contributed by atoms with Gasteiger partial charge in [0.05, 0.1) is 0 Å². The zero-order valence-electron chi connectivity index (χ0n) is 10.1. The Hall–Kier alpha value is -2.55. The molecule has 0 bridgehead atoms. The molecule has 0 fully saturated rings. The second-order valence-corrected chi connectivity index (χ2v) is 4.16. The summed E-state index contributed by atoms with van der Waals surface area (Å²) >= 11 is 0. The van der Waals surface area contributed by atoms with Gasteiger partial charge < -0.3 is 9.72 Å². The van der Waals surface area contributed by atoms with Gasteiger partial charge in [0.2, 0.25) is 0 Å². The Morgan fingerprint density at radius 3 is 2.00 bits per heavy atom. The average Bonchev–Trinajstić information content (AvgIpc) is 2.96. The molecule has 3 aromatic rings. The van der Waals surface area contributed by atoms with Crippen LogP contribution in [0.4, 0.5) is 4.39 Å². The summed E-state index contributed by atoms with van der Waals surface area (Å²) in [6.45, 7) is 0. The maximum absolute atomic E-state index is 12.8. The van der Waals surface area contributed by atoms with E-state index >= 15 is 0 Å². The molecular weight excluding hydrogens is 241 g/mol. The third-order valence-corrected chi connectivity index (χ3v) is 2.81. The minimum absolute atomic E-state index is 0.269. The van der Waals surface area contributed by atoms with Crippen molar-refractivity contribution < 1.29 is 9.13 Å². The second-order valence-electron chi connectivity index (χ2n) is 4.16. The fourth-order valence-electron chi connectivity index (χ4n) is 1.85. The summed E-state index contributed by atoms with van der Waals surface area (Å²) in [4.78, 5) is 3.15. The molecule has 1 aromatic heterocycles. The number of hydrogen-bond donors (Lipinski definition) is 1. The molecule has 3 rings (SSSR count). The number of ether oxygens (including phenoxy) is 1. The molecule has 2 nitrogen and oxygen atoms in total. The lowest BCUT2D eigenvalue weighted by atomic mass is 10.1. The Morgan fingerprint density at radius 2 is 1.42 bits per heavy atom. The summed E-state index contributed by atoms with van der Waals surface area (Å²) in [5.41, 5.74) is 2.16. The molecule has 1 heterocycles. The van der Waals surface area contributed by atoms with Gasteiger partial charge >= 0.3 is 0 Å². The van der Waals surface area contributed by atoms with Crippen LogP contribution in [0.15, 0.2) is 66.9 Å². The van der Waals surface area contributed by atoms with Crippen molar-refractivity contribution in [1.82, 2.24) is 4.98 Å². The quantitative estimate of drug-likeness (QED) is 0.724. The van der Waals surface area contributed by atoms with Crippen LogP contribution in [0, 0.1) is 5.82 Å². The van der Waals surface area contributed by atoms with Crippen molar-refractivity contribution in [2.45, 2.75) is 0 Å². The number of benzene rings is 2. The minimum atomic E-state index is -0.269. The van der Waals surface area contributed by atoms with Crippen LogP contribution in [0.25, 0.3) is 11.3 Å². The minimum Gasteiger partial charge on any atom is -0.457 e. The van der Waals surface area contributed by atoms with E-state index in [1.165, 1.54) is 12.1 Å². The fraction of sp³-hybridized carbons (Fsp3) is 0. The van der Waals surface area contributed by atoms with E-state index in [0.717, 1.165) is 17.0 Å². The molecule has 1 N–H and O–H groups in total. The largest absolute Gasteiger partial charge is 0.457 e. The van der Waals surface area contributed by atoms with Crippen molar-refractivity contribution in [3.05, 3.63) is 72.7 Å². The number of hydrogen-bond acceptors (Lipinski definition) is 1. The number of halogens is 1. The van der Waals surface area contributed by atoms with Gasteiger partial charge in [0, 0.05) is 11.9 Å². The van der Waals surface area contributed by atoms with Gasteiger partial charge in [-0.3, -0.25) is 0 Å². The van der Waals surface area contributed by atoms with Crippen LogP contribution in [0.2, 0.25) is 0 Å². The first-order valence-corrected chi connectivity index (χ1v) is 5.98. The summed E-state index contributed by atoms with van der Waals surface area (Å²) < 4.78 is 18.4. The van der Waals surface area contributed by atoms with E-state index in [-0.39, 0.29) is 5.82 Å². The lowest BCUT2D eigenvalue weighted by molar-refractivity contribution is 0.480. The molecule has 0 unspecified atom stereocenters. The predicted octanol–water partition coefficient (Wildman–Crippen LogP) is 4.61. The average molecular weight is 253 g/mol. The topological polar surface area (TPSA) is 25.0 Å². The Kier molecular flexibility index (Phi) is 3.02. The highest BCUT2D eigenvalue weighted by Gasteiger charge is 2.00. The van der Waals surface area contributed by atoms with Crippen molar-refractivity contribution in [2.24, 2.45) is 0 Å². The van der Waals surface area contributed by atoms with Gasteiger partial charge in [-0.25, -0.2) is 4.39 Å². The van der Waals surface area contributed by atoms with Crippen LogP contribution in [0.5, 0.6) is 11.5 Å². The molecule has 0 amide bonds. The van der Waals surface area contributed by atoms with Gasteiger partial charge in [-0.15, -0.1) is 0 Å². The molecule has 0 aliphatic heterocycles. The van der Waals surface area contributed by atoms with Crippen LogP contribution in [0.1, 0.15) is 0 Å².